The van der Waals surface area contributed by atoms with Crippen LogP contribution in [0.2, 0.25) is 0 Å². The van der Waals surface area contributed by atoms with E-state index in [2.05, 4.69) is 33.4 Å². The third-order valence-corrected chi connectivity index (χ3v) is 1.20. The Morgan fingerprint density at radius 1 is 1.46 bits per heavy atom. The Labute approximate surface area is 86.5 Å². The maximum atomic E-state index is 3.83. The van der Waals surface area contributed by atoms with Crippen LogP contribution >= 0.6 is 12.4 Å². The van der Waals surface area contributed by atoms with E-state index in [1.165, 1.54) is 0 Å². The van der Waals surface area contributed by atoms with Gasteiger partial charge in [0.15, 0.2) is 0 Å². The molecule has 0 rings (SSSR count). The van der Waals surface area contributed by atoms with Crippen molar-refractivity contribution in [3.8, 4) is 0 Å². The quantitative estimate of drug-likeness (QED) is 0.540. The summed E-state index contributed by atoms with van der Waals surface area (Å²) in [6.45, 7) is 5.70. The number of halogens is 1. The smallest absolute Gasteiger partial charge is 0.114 e. The van der Waals surface area contributed by atoms with Crippen molar-refractivity contribution >= 4 is 18.4 Å². The van der Waals surface area contributed by atoms with Crippen LogP contribution in [0.5, 0.6) is 0 Å². The largest absolute Gasteiger partial charge is 0.307 e. The summed E-state index contributed by atoms with van der Waals surface area (Å²) in [4.78, 5) is 5.93. The standard InChI is InChI=1S/C8H18N4.ClH/c1-5-9-7-10-11-8(2)6-12(3)4;/h8,11H,5-6H2,1-4H3;1H. The van der Waals surface area contributed by atoms with Crippen molar-refractivity contribution in [1.29, 1.82) is 0 Å². The molecule has 13 heavy (non-hydrogen) atoms. The SMILES string of the molecule is CCN=C=NNC(C)CN(C)C.Cl. The molecule has 0 aliphatic carbocycles. The number of aliphatic imine (C=N–C) groups is 1. The van der Waals surface area contributed by atoms with Crippen LogP contribution < -0.4 is 5.43 Å². The second-order valence-electron chi connectivity index (χ2n) is 2.98. The molecule has 0 aliphatic rings. The van der Waals surface area contributed by atoms with Gasteiger partial charge in [0, 0.05) is 13.1 Å². The number of hydrazone groups is 1. The molecule has 0 spiro atoms. The highest BCUT2D eigenvalue weighted by molar-refractivity contribution is 5.85. The molecule has 0 fully saturated rings. The molecule has 0 bridgehead atoms. The minimum absolute atomic E-state index is 0. The zero-order chi connectivity index (χ0) is 9.40. The molecule has 1 unspecified atom stereocenters. The zero-order valence-electron chi connectivity index (χ0n) is 8.74. The minimum Gasteiger partial charge on any atom is -0.307 e. The van der Waals surface area contributed by atoms with Gasteiger partial charge in [-0.15, -0.1) is 17.5 Å². The van der Waals surface area contributed by atoms with Gasteiger partial charge in [-0.2, -0.15) is 0 Å². The second kappa shape index (κ2) is 9.52. The molecule has 1 N–H and O–H groups in total. The predicted molar refractivity (Wildman–Crippen MR) is 58.8 cm³/mol. The van der Waals surface area contributed by atoms with E-state index < -0.39 is 0 Å². The monoisotopic (exact) mass is 206 g/mol. The van der Waals surface area contributed by atoms with Gasteiger partial charge in [-0.25, -0.2) is 4.99 Å². The Morgan fingerprint density at radius 2 is 2.08 bits per heavy atom. The van der Waals surface area contributed by atoms with E-state index in [9.17, 15) is 0 Å². The lowest BCUT2D eigenvalue weighted by Crippen LogP contribution is -2.32. The van der Waals surface area contributed by atoms with Crippen molar-refractivity contribution in [3.63, 3.8) is 0 Å². The van der Waals surface area contributed by atoms with Gasteiger partial charge in [0.25, 0.3) is 0 Å². The normalized spacial score (nSPS) is 11.2. The number of hydrogen-bond acceptors (Lipinski definition) is 4. The molecule has 0 aromatic carbocycles. The Balaban J connectivity index is 0. The molecule has 0 heterocycles. The Kier molecular flexibility index (Phi) is 10.9. The topological polar surface area (TPSA) is 40.0 Å². The average Bonchev–Trinajstić information content (AvgIpc) is 1.97. The first-order valence-electron chi connectivity index (χ1n) is 4.18. The maximum Gasteiger partial charge on any atom is 0.114 e. The lowest BCUT2D eigenvalue weighted by Gasteiger charge is -2.15. The molecule has 0 aromatic rings. The van der Waals surface area contributed by atoms with E-state index >= 15 is 0 Å². The number of nitrogens with zero attached hydrogens (tertiary/aromatic N) is 3. The Bertz CT molecular complexity index is 164. The molecular weight excluding hydrogens is 188 g/mol. The van der Waals surface area contributed by atoms with Crippen molar-refractivity contribution < 1.29 is 0 Å². The number of nitrogens with one attached hydrogen (secondary N) is 1. The van der Waals surface area contributed by atoms with E-state index in [4.69, 9.17) is 0 Å². The van der Waals surface area contributed by atoms with Crippen LogP contribution in [0.25, 0.3) is 0 Å². The van der Waals surface area contributed by atoms with E-state index in [0.29, 0.717) is 6.04 Å². The maximum absolute atomic E-state index is 3.83. The molecule has 4 nitrogen and oxygen atoms in total. The van der Waals surface area contributed by atoms with Gasteiger partial charge in [-0.3, -0.25) is 5.43 Å². The van der Waals surface area contributed by atoms with Gasteiger partial charge in [-0.05, 0) is 27.9 Å². The molecular formula is C8H19ClN4. The Hall–Kier alpha value is -0.570. The van der Waals surface area contributed by atoms with Crippen molar-refractivity contribution in [1.82, 2.24) is 10.3 Å². The first-order chi connectivity index (χ1) is 5.66. The van der Waals surface area contributed by atoms with Crippen molar-refractivity contribution in [3.05, 3.63) is 0 Å². The highest BCUT2D eigenvalue weighted by Gasteiger charge is 1.98. The lowest BCUT2D eigenvalue weighted by atomic mass is 10.3. The fourth-order valence-corrected chi connectivity index (χ4v) is 0.834. The summed E-state index contributed by atoms with van der Waals surface area (Å²) in [6.07, 6.45) is 0. The van der Waals surface area contributed by atoms with Crippen molar-refractivity contribution in [2.45, 2.75) is 19.9 Å². The van der Waals surface area contributed by atoms with Crippen molar-refractivity contribution in [2.75, 3.05) is 27.2 Å². The first-order valence-corrected chi connectivity index (χ1v) is 4.18. The predicted octanol–water partition coefficient (Wildman–Crippen LogP) is 1.06. The fourth-order valence-electron chi connectivity index (χ4n) is 0.834. The third kappa shape index (κ3) is 11.4. The summed E-state index contributed by atoms with van der Waals surface area (Å²) >= 11 is 0. The number of likely N-dealkylation sites (N-methyl/N-ethyl adjacent to an activating group) is 1. The van der Waals surface area contributed by atoms with Crippen LogP contribution in [-0.2, 0) is 0 Å². The van der Waals surface area contributed by atoms with Crippen LogP contribution in [-0.4, -0.2) is 44.1 Å². The number of hydrogen-bond donors (Lipinski definition) is 1. The third-order valence-electron chi connectivity index (χ3n) is 1.20. The molecule has 0 amide bonds. The summed E-state index contributed by atoms with van der Waals surface area (Å²) < 4.78 is 0. The first kappa shape index (κ1) is 14.9. The number of rotatable bonds is 5. The lowest BCUT2D eigenvalue weighted by molar-refractivity contribution is 0.354. The van der Waals surface area contributed by atoms with Crippen LogP contribution in [0.3, 0.4) is 0 Å². The van der Waals surface area contributed by atoms with Crippen LogP contribution in [0.4, 0.5) is 0 Å². The van der Waals surface area contributed by atoms with E-state index in [1.54, 1.807) is 0 Å². The minimum atomic E-state index is 0. The molecule has 0 aliphatic heterocycles. The molecule has 0 aromatic heterocycles. The van der Waals surface area contributed by atoms with Gasteiger partial charge in [0.1, 0.15) is 6.01 Å². The molecule has 0 radical (unpaired) electrons. The molecule has 0 saturated carbocycles. The fraction of sp³-hybridized carbons (Fsp3) is 0.875. The van der Waals surface area contributed by atoms with Gasteiger partial charge in [0.2, 0.25) is 0 Å². The van der Waals surface area contributed by atoms with Gasteiger partial charge in [0.05, 0.1) is 6.04 Å². The highest BCUT2D eigenvalue weighted by atomic mass is 35.5. The molecule has 78 valence electrons. The molecule has 5 heteroatoms. The van der Waals surface area contributed by atoms with E-state index in [-0.39, 0.29) is 12.4 Å². The molecule has 0 saturated heterocycles. The van der Waals surface area contributed by atoms with Gasteiger partial charge in [-0.1, -0.05) is 0 Å². The highest BCUT2D eigenvalue weighted by Crippen LogP contribution is 1.83. The van der Waals surface area contributed by atoms with Gasteiger partial charge >= 0.3 is 0 Å². The summed E-state index contributed by atoms with van der Waals surface area (Å²) in [6, 6.07) is 2.89. The summed E-state index contributed by atoms with van der Waals surface area (Å²) in [5.74, 6) is 0. The zero-order valence-corrected chi connectivity index (χ0v) is 9.56. The second-order valence-corrected chi connectivity index (χ2v) is 2.98. The van der Waals surface area contributed by atoms with E-state index in [1.807, 2.05) is 21.0 Å². The van der Waals surface area contributed by atoms with E-state index in [0.717, 1.165) is 13.1 Å². The van der Waals surface area contributed by atoms with Crippen LogP contribution in [0, 0.1) is 0 Å². The van der Waals surface area contributed by atoms with Gasteiger partial charge < -0.3 is 4.90 Å². The molecule has 1 atom stereocenters. The van der Waals surface area contributed by atoms with Crippen molar-refractivity contribution in [2.24, 2.45) is 10.1 Å². The average molecular weight is 207 g/mol. The Morgan fingerprint density at radius 3 is 2.54 bits per heavy atom. The summed E-state index contributed by atoms with van der Waals surface area (Å²) in [5, 5.41) is 3.82. The van der Waals surface area contributed by atoms with Crippen LogP contribution in [0.15, 0.2) is 10.1 Å². The summed E-state index contributed by atoms with van der Waals surface area (Å²) in [7, 11) is 4.06. The van der Waals surface area contributed by atoms with Crippen LogP contribution in [0.1, 0.15) is 13.8 Å². The summed E-state index contributed by atoms with van der Waals surface area (Å²) in [5.41, 5.74) is 2.93.